The third-order valence-corrected chi connectivity index (χ3v) is 2.19. The summed E-state index contributed by atoms with van der Waals surface area (Å²) in [5.74, 6) is 0. The highest BCUT2D eigenvalue weighted by Crippen LogP contribution is 2.29. The molecule has 0 bridgehead atoms. The predicted octanol–water partition coefficient (Wildman–Crippen LogP) is 2.44. The van der Waals surface area contributed by atoms with E-state index >= 15 is 0 Å². The third kappa shape index (κ3) is 2.52. The predicted molar refractivity (Wildman–Crippen MR) is 55.4 cm³/mol. The highest BCUT2D eigenvalue weighted by molar-refractivity contribution is 5.21. The van der Waals surface area contributed by atoms with Crippen LogP contribution in [-0.2, 0) is 0 Å². The van der Waals surface area contributed by atoms with Crippen LogP contribution in [0.4, 0.5) is 0 Å². The van der Waals surface area contributed by atoms with Gasteiger partial charge < -0.3 is 5.73 Å². The van der Waals surface area contributed by atoms with Crippen LogP contribution in [0, 0.1) is 12.3 Å². The van der Waals surface area contributed by atoms with Crippen molar-refractivity contribution < 1.29 is 0 Å². The van der Waals surface area contributed by atoms with Crippen LogP contribution in [0.2, 0.25) is 0 Å². The summed E-state index contributed by atoms with van der Waals surface area (Å²) in [6.07, 6.45) is 3.70. The minimum Gasteiger partial charge on any atom is -0.323 e. The fraction of sp³-hybridized carbons (Fsp3) is 0.545. The number of nitrogens with two attached hydrogens (primary N) is 1. The van der Waals surface area contributed by atoms with Crippen molar-refractivity contribution in [2.24, 2.45) is 11.1 Å². The number of hydrogen-bond donors (Lipinski definition) is 1. The molecule has 1 aromatic rings. The zero-order valence-electron chi connectivity index (χ0n) is 8.83. The van der Waals surface area contributed by atoms with Gasteiger partial charge in [-0.1, -0.05) is 26.8 Å². The molecule has 0 aliphatic carbocycles. The van der Waals surface area contributed by atoms with E-state index in [0.29, 0.717) is 0 Å². The summed E-state index contributed by atoms with van der Waals surface area (Å²) in [6.45, 7) is 8.45. The number of hydrogen-bond acceptors (Lipinski definition) is 2. The van der Waals surface area contributed by atoms with Gasteiger partial charge in [0.1, 0.15) is 0 Å². The van der Waals surface area contributed by atoms with Gasteiger partial charge in [-0.25, -0.2) is 0 Å². The van der Waals surface area contributed by atoms with E-state index in [1.807, 2.05) is 19.3 Å². The maximum Gasteiger partial charge on any atom is 0.0359 e. The molecule has 0 fully saturated rings. The molecule has 0 saturated carbocycles. The third-order valence-electron chi connectivity index (χ3n) is 2.19. The molecule has 0 aliphatic rings. The molecule has 1 heterocycles. The number of nitrogens with zero attached hydrogens (tertiary/aromatic N) is 1. The lowest BCUT2D eigenvalue weighted by Crippen LogP contribution is -2.26. The number of rotatable bonds is 1. The number of aromatic nitrogens is 1. The van der Waals surface area contributed by atoms with Crippen molar-refractivity contribution in [2.45, 2.75) is 33.7 Å². The average Bonchev–Trinajstić information content (AvgIpc) is 2.01. The lowest BCUT2D eigenvalue weighted by atomic mass is 9.83. The van der Waals surface area contributed by atoms with Crippen LogP contribution >= 0.6 is 0 Å². The largest absolute Gasteiger partial charge is 0.323 e. The van der Waals surface area contributed by atoms with Crippen LogP contribution in [0.1, 0.15) is 37.9 Å². The van der Waals surface area contributed by atoms with Gasteiger partial charge in [-0.3, -0.25) is 4.98 Å². The highest BCUT2D eigenvalue weighted by atomic mass is 14.7. The SMILES string of the molecule is Cc1cncc(C(N)C(C)(C)C)c1. The van der Waals surface area contributed by atoms with Crippen molar-refractivity contribution in [3.63, 3.8) is 0 Å². The minimum atomic E-state index is 0.0555. The Morgan fingerprint density at radius 2 is 1.92 bits per heavy atom. The Morgan fingerprint density at radius 3 is 2.38 bits per heavy atom. The summed E-state index contributed by atoms with van der Waals surface area (Å²) in [7, 11) is 0. The fourth-order valence-corrected chi connectivity index (χ4v) is 1.25. The molecular formula is C11H18N2. The normalized spacial score (nSPS) is 14.2. The van der Waals surface area contributed by atoms with Gasteiger partial charge in [0.15, 0.2) is 0 Å². The molecule has 1 aromatic heterocycles. The molecule has 0 saturated heterocycles. The first kappa shape index (κ1) is 10.2. The molecule has 1 atom stereocenters. The van der Waals surface area contributed by atoms with Crippen LogP contribution in [0.25, 0.3) is 0 Å². The summed E-state index contributed by atoms with van der Waals surface area (Å²) in [5, 5.41) is 0. The van der Waals surface area contributed by atoms with Crippen molar-refractivity contribution in [1.29, 1.82) is 0 Å². The quantitative estimate of drug-likeness (QED) is 0.717. The summed E-state index contributed by atoms with van der Waals surface area (Å²) >= 11 is 0. The van der Waals surface area contributed by atoms with E-state index in [9.17, 15) is 0 Å². The first-order chi connectivity index (χ1) is 5.91. The molecule has 2 heteroatoms. The maximum absolute atomic E-state index is 6.10. The molecular weight excluding hydrogens is 160 g/mol. The molecule has 0 aliphatic heterocycles. The highest BCUT2D eigenvalue weighted by Gasteiger charge is 2.22. The Bertz CT molecular complexity index is 286. The molecule has 13 heavy (non-hydrogen) atoms. The first-order valence-corrected chi connectivity index (χ1v) is 4.58. The van der Waals surface area contributed by atoms with E-state index in [1.165, 1.54) is 0 Å². The second-order valence-electron chi connectivity index (χ2n) is 4.64. The van der Waals surface area contributed by atoms with E-state index in [1.54, 1.807) is 0 Å². The van der Waals surface area contributed by atoms with Gasteiger partial charge in [0, 0.05) is 18.4 Å². The maximum atomic E-state index is 6.10. The molecule has 0 spiro atoms. The van der Waals surface area contributed by atoms with Gasteiger partial charge >= 0.3 is 0 Å². The van der Waals surface area contributed by atoms with Crippen LogP contribution < -0.4 is 5.73 Å². The van der Waals surface area contributed by atoms with Crippen molar-refractivity contribution in [3.05, 3.63) is 29.6 Å². The Balaban J connectivity index is 2.96. The van der Waals surface area contributed by atoms with Crippen molar-refractivity contribution in [1.82, 2.24) is 4.98 Å². The lowest BCUT2D eigenvalue weighted by molar-refractivity contribution is 0.326. The standard InChI is InChI=1S/C11H18N2/c1-8-5-9(7-13-6-8)10(12)11(2,3)4/h5-7,10H,12H2,1-4H3. The van der Waals surface area contributed by atoms with Crippen LogP contribution in [0.15, 0.2) is 18.5 Å². The van der Waals surface area contributed by atoms with E-state index in [0.717, 1.165) is 11.1 Å². The zero-order chi connectivity index (χ0) is 10.1. The van der Waals surface area contributed by atoms with Gasteiger partial charge in [0.05, 0.1) is 0 Å². The Kier molecular flexibility index (Phi) is 2.71. The first-order valence-electron chi connectivity index (χ1n) is 4.58. The molecule has 0 amide bonds. The second kappa shape index (κ2) is 3.46. The van der Waals surface area contributed by atoms with Crippen LogP contribution in [0.3, 0.4) is 0 Å². The van der Waals surface area contributed by atoms with Crippen LogP contribution in [-0.4, -0.2) is 4.98 Å². The molecule has 1 rings (SSSR count). The number of pyridine rings is 1. The van der Waals surface area contributed by atoms with E-state index < -0.39 is 0 Å². The topological polar surface area (TPSA) is 38.9 Å². The molecule has 72 valence electrons. The van der Waals surface area contributed by atoms with Gasteiger partial charge in [-0.15, -0.1) is 0 Å². The Morgan fingerprint density at radius 1 is 1.31 bits per heavy atom. The van der Waals surface area contributed by atoms with Crippen molar-refractivity contribution >= 4 is 0 Å². The fourth-order valence-electron chi connectivity index (χ4n) is 1.25. The lowest BCUT2D eigenvalue weighted by Gasteiger charge is -2.27. The van der Waals surface area contributed by atoms with Gasteiger partial charge in [0.25, 0.3) is 0 Å². The zero-order valence-corrected chi connectivity index (χ0v) is 8.83. The molecule has 1 unspecified atom stereocenters. The Labute approximate surface area is 80.2 Å². The number of aryl methyl sites for hydroxylation is 1. The average molecular weight is 178 g/mol. The summed E-state index contributed by atoms with van der Waals surface area (Å²) in [6, 6.07) is 2.16. The van der Waals surface area contributed by atoms with Crippen LogP contribution in [0.5, 0.6) is 0 Å². The van der Waals surface area contributed by atoms with Gasteiger partial charge in [-0.05, 0) is 23.5 Å². The molecule has 2 nitrogen and oxygen atoms in total. The summed E-state index contributed by atoms with van der Waals surface area (Å²) in [5.41, 5.74) is 8.48. The van der Waals surface area contributed by atoms with Crippen molar-refractivity contribution in [2.75, 3.05) is 0 Å². The van der Waals surface area contributed by atoms with Gasteiger partial charge in [-0.2, -0.15) is 0 Å². The van der Waals surface area contributed by atoms with E-state index in [4.69, 9.17) is 5.73 Å². The molecule has 2 N–H and O–H groups in total. The van der Waals surface area contributed by atoms with Crippen molar-refractivity contribution in [3.8, 4) is 0 Å². The van der Waals surface area contributed by atoms with E-state index in [2.05, 4.69) is 31.8 Å². The smallest absolute Gasteiger partial charge is 0.0359 e. The van der Waals surface area contributed by atoms with E-state index in [-0.39, 0.29) is 11.5 Å². The molecule has 0 aromatic carbocycles. The Hall–Kier alpha value is -0.890. The van der Waals surface area contributed by atoms with Gasteiger partial charge in [0.2, 0.25) is 0 Å². The second-order valence-corrected chi connectivity index (χ2v) is 4.64. The minimum absolute atomic E-state index is 0.0555. The summed E-state index contributed by atoms with van der Waals surface area (Å²) < 4.78 is 0. The molecule has 0 radical (unpaired) electrons. The summed E-state index contributed by atoms with van der Waals surface area (Å²) in [4.78, 5) is 4.14. The monoisotopic (exact) mass is 178 g/mol.